The van der Waals surface area contributed by atoms with Gasteiger partial charge in [-0.1, -0.05) is 0 Å². The molecule has 0 spiro atoms. The summed E-state index contributed by atoms with van der Waals surface area (Å²) in [6.45, 7) is 1.03. The topological polar surface area (TPSA) is 47.3 Å². The molecule has 0 aliphatic carbocycles. The maximum absolute atomic E-state index is 9.30. The number of methoxy groups -OCH3 is 1. The van der Waals surface area contributed by atoms with E-state index < -0.39 is 0 Å². The molecular formula is C7H12N2O2S. The molecule has 0 aliphatic heterocycles. The molecule has 4 nitrogen and oxygen atoms in total. The summed E-state index contributed by atoms with van der Waals surface area (Å²) in [5.41, 5.74) is 0.733. The molecule has 0 saturated heterocycles. The molecule has 1 aromatic rings. The first kappa shape index (κ1) is 9.41. The van der Waals surface area contributed by atoms with Crippen LogP contribution in [-0.2, 0) is 17.9 Å². The second-order valence-electron chi connectivity index (χ2n) is 2.37. The highest BCUT2D eigenvalue weighted by Crippen LogP contribution is 2.11. The van der Waals surface area contributed by atoms with Crippen molar-refractivity contribution in [3.63, 3.8) is 0 Å². The first-order valence-electron chi connectivity index (χ1n) is 3.63. The molecule has 1 N–H and O–H groups in total. The monoisotopic (exact) mass is 188 g/mol. The first-order chi connectivity index (χ1) is 5.77. The molecule has 0 saturated carbocycles. The summed E-state index contributed by atoms with van der Waals surface area (Å²) in [6.07, 6.45) is 0. The van der Waals surface area contributed by atoms with Crippen LogP contribution >= 0.6 is 12.6 Å². The van der Waals surface area contributed by atoms with Crippen LogP contribution in [0.2, 0.25) is 0 Å². The predicted octanol–water partition coefficient (Wildman–Crippen LogP) is 0.665. The smallest absolute Gasteiger partial charge is 0.209 e. The van der Waals surface area contributed by atoms with Crippen molar-refractivity contribution >= 4 is 12.6 Å². The van der Waals surface area contributed by atoms with Crippen LogP contribution in [0.5, 0.6) is 5.88 Å². The van der Waals surface area contributed by atoms with Crippen molar-refractivity contribution in [3.8, 4) is 5.88 Å². The Kier molecular flexibility index (Phi) is 3.43. The summed E-state index contributed by atoms with van der Waals surface area (Å²) in [4.78, 5) is 0. The Labute approximate surface area is 76.6 Å². The molecule has 5 heteroatoms. The zero-order valence-corrected chi connectivity index (χ0v) is 7.79. The minimum Gasteiger partial charge on any atom is -0.493 e. The lowest BCUT2D eigenvalue weighted by Gasteiger charge is -1.97. The van der Waals surface area contributed by atoms with Gasteiger partial charge in [0.05, 0.1) is 18.8 Å². The second kappa shape index (κ2) is 4.37. The van der Waals surface area contributed by atoms with Crippen molar-refractivity contribution in [1.29, 1.82) is 0 Å². The van der Waals surface area contributed by atoms with Gasteiger partial charge >= 0.3 is 0 Å². The number of hydrogen-bond acceptors (Lipinski definition) is 4. The molecule has 0 radical (unpaired) electrons. The van der Waals surface area contributed by atoms with Crippen LogP contribution in [0.15, 0.2) is 6.07 Å². The zero-order valence-electron chi connectivity index (χ0n) is 6.90. The minimum absolute atomic E-state index is 0.163. The van der Waals surface area contributed by atoms with Crippen LogP contribution in [-0.4, -0.2) is 27.7 Å². The first-order valence-corrected chi connectivity index (χ1v) is 4.26. The van der Waals surface area contributed by atoms with E-state index in [9.17, 15) is 5.11 Å². The lowest BCUT2D eigenvalue weighted by atomic mass is 10.5. The minimum atomic E-state index is 0.163. The molecule has 0 fully saturated rings. The number of ether oxygens (including phenoxy) is 1. The van der Waals surface area contributed by atoms with E-state index in [1.807, 2.05) is 0 Å². The molecule has 1 rings (SSSR count). The van der Waals surface area contributed by atoms with Crippen LogP contribution in [0.25, 0.3) is 0 Å². The van der Waals surface area contributed by atoms with Gasteiger partial charge in [0.15, 0.2) is 0 Å². The van der Waals surface area contributed by atoms with Crippen LogP contribution < -0.4 is 0 Å². The number of aromatic nitrogens is 2. The Morgan fingerprint density at radius 2 is 2.50 bits per heavy atom. The fourth-order valence-electron chi connectivity index (χ4n) is 0.936. The third kappa shape index (κ3) is 2.15. The van der Waals surface area contributed by atoms with Crippen molar-refractivity contribution in [2.24, 2.45) is 0 Å². The molecular weight excluding hydrogens is 176 g/mol. The molecule has 12 heavy (non-hydrogen) atoms. The Bertz CT molecular complexity index is 250. The van der Waals surface area contributed by atoms with E-state index in [0.717, 1.165) is 5.69 Å². The maximum Gasteiger partial charge on any atom is 0.209 e. The van der Waals surface area contributed by atoms with Crippen LogP contribution in [0.4, 0.5) is 0 Å². The van der Waals surface area contributed by atoms with Crippen LogP contribution in [0.3, 0.4) is 0 Å². The van der Waals surface area contributed by atoms with Gasteiger partial charge in [-0.3, -0.25) is 0 Å². The molecule has 1 heterocycles. The largest absolute Gasteiger partial charge is 0.493 e. The Morgan fingerprint density at radius 1 is 1.75 bits per heavy atom. The number of aryl methyl sites for hydroxylation is 1. The molecule has 1 aromatic heterocycles. The molecule has 68 valence electrons. The van der Waals surface area contributed by atoms with E-state index in [-0.39, 0.29) is 5.88 Å². The highest BCUT2D eigenvalue weighted by Gasteiger charge is 2.04. The summed E-state index contributed by atoms with van der Waals surface area (Å²) in [5.74, 6) is 0.817. The van der Waals surface area contributed by atoms with Gasteiger partial charge in [0, 0.05) is 18.9 Å². The van der Waals surface area contributed by atoms with E-state index >= 15 is 0 Å². The fraction of sp³-hybridized carbons (Fsp3) is 0.571. The summed E-state index contributed by atoms with van der Waals surface area (Å²) < 4.78 is 6.37. The number of thiol groups is 1. The van der Waals surface area contributed by atoms with Gasteiger partial charge in [-0.15, -0.1) is 0 Å². The number of rotatable bonds is 4. The predicted molar refractivity (Wildman–Crippen MR) is 48.5 cm³/mol. The average Bonchev–Trinajstić information content (AvgIpc) is 2.34. The van der Waals surface area contributed by atoms with Gasteiger partial charge in [0.1, 0.15) is 0 Å². The van der Waals surface area contributed by atoms with E-state index in [2.05, 4.69) is 17.7 Å². The van der Waals surface area contributed by atoms with Crippen molar-refractivity contribution in [3.05, 3.63) is 11.8 Å². The van der Waals surface area contributed by atoms with Crippen LogP contribution in [0, 0.1) is 0 Å². The highest BCUT2D eigenvalue weighted by atomic mass is 32.1. The van der Waals surface area contributed by atoms with Gasteiger partial charge in [0.2, 0.25) is 5.88 Å². The van der Waals surface area contributed by atoms with Gasteiger partial charge in [-0.05, 0) is 0 Å². The highest BCUT2D eigenvalue weighted by molar-refractivity contribution is 7.80. The molecule has 0 aromatic carbocycles. The maximum atomic E-state index is 9.30. The summed E-state index contributed by atoms with van der Waals surface area (Å²) in [5, 5.41) is 13.4. The molecule has 0 aliphatic rings. The molecule has 0 amide bonds. The average molecular weight is 188 g/mol. The number of aromatic hydroxyl groups is 1. The van der Waals surface area contributed by atoms with E-state index in [1.54, 1.807) is 13.2 Å². The van der Waals surface area contributed by atoms with Gasteiger partial charge in [-0.25, -0.2) is 4.68 Å². The summed E-state index contributed by atoms with van der Waals surface area (Å²) in [6, 6.07) is 1.59. The lowest BCUT2D eigenvalue weighted by Crippen LogP contribution is -2.01. The van der Waals surface area contributed by atoms with Crippen molar-refractivity contribution in [2.75, 3.05) is 12.9 Å². The van der Waals surface area contributed by atoms with Gasteiger partial charge in [-0.2, -0.15) is 17.7 Å². The SMILES string of the molecule is COCc1cc(O)n(CCS)n1. The summed E-state index contributed by atoms with van der Waals surface area (Å²) >= 11 is 4.04. The quantitative estimate of drug-likeness (QED) is 0.682. The Morgan fingerprint density at radius 3 is 3.08 bits per heavy atom. The van der Waals surface area contributed by atoms with Crippen molar-refractivity contribution in [2.45, 2.75) is 13.2 Å². The Balaban J connectivity index is 2.70. The third-order valence-electron chi connectivity index (χ3n) is 1.41. The standard InChI is InChI=1S/C7H12N2O2S/c1-11-5-6-4-7(10)9(8-6)2-3-12/h4,10,12H,2-3,5H2,1H3. The van der Waals surface area contributed by atoms with Crippen LogP contribution in [0.1, 0.15) is 5.69 Å². The number of nitrogens with zero attached hydrogens (tertiary/aromatic N) is 2. The van der Waals surface area contributed by atoms with Gasteiger partial charge < -0.3 is 9.84 Å². The van der Waals surface area contributed by atoms with E-state index in [1.165, 1.54) is 4.68 Å². The third-order valence-corrected chi connectivity index (χ3v) is 1.61. The Hall–Kier alpha value is -0.680. The fourth-order valence-corrected chi connectivity index (χ4v) is 1.13. The second-order valence-corrected chi connectivity index (χ2v) is 2.82. The van der Waals surface area contributed by atoms with Gasteiger partial charge in [0.25, 0.3) is 0 Å². The molecule has 0 atom stereocenters. The van der Waals surface area contributed by atoms with Crippen molar-refractivity contribution < 1.29 is 9.84 Å². The lowest BCUT2D eigenvalue weighted by molar-refractivity contribution is 0.180. The van der Waals surface area contributed by atoms with E-state index in [4.69, 9.17) is 4.74 Å². The number of hydrogen-bond donors (Lipinski definition) is 2. The zero-order chi connectivity index (χ0) is 8.97. The van der Waals surface area contributed by atoms with E-state index in [0.29, 0.717) is 18.9 Å². The van der Waals surface area contributed by atoms with Crippen molar-refractivity contribution in [1.82, 2.24) is 9.78 Å². The molecule has 0 unspecified atom stereocenters. The normalized spacial score (nSPS) is 10.5. The summed E-state index contributed by atoms with van der Waals surface area (Å²) in [7, 11) is 1.59. The molecule has 0 bridgehead atoms.